The van der Waals surface area contributed by atoms with Gasteiger partial charge in [0.25, 0.3) is 5.91 Å². The highest BCUT2D eigenvalue weighted by Crippen LogP contribution is 2.25. The molecule has 0 bridgehead atoms. The van der Waals surface area contributed by atoms with E-state index in [0.717, 1.165) is 21.2 Å². The third-order valence-electron chi connectivity index (χ3n) is 5.03. The van der Waals surface area contributed by atoms with Crippen molar-refractivity contribution in [3.05, 3.63) is 106 Å². The number of nitrogens with one attached hydrogen (secondary N) is 2. The van der Waals surface area contributed by atoms with Crippen LogP contribution in [0.2, 0.25) is 0 Å². The van der Waals surface area contributed by atoms with Gasteiger partial charge in [0.2, 0.25) is 5.91 Å². The van der Waals surface area contributed by atoms with Crippen LogP contribution in [0.25, 0.3) is 0 Å². The second kappa shape index (κ2) is 11.4. The average Bonchev–Trinajstić information content (AvgIpc) is 2.80. The first-order valence-electron chi connectivity index (χ1n) is 10.4. The summed E-state index contributed by atoms with van der Waals surface area (Å²) in [6, 6.07) is 26.0. The fraction of sp³-hybridized carbons (Fsp3) is 0.192. The van der Waals surface area contributed by atoms with Crippen LogP contribution in [0.15, 0.2) is 94.5 Å². The summed E-state index contributed by atoms with van der Waals surface area (Å²) in [5, 5.41) is 6.99. The number of carbonyl (C=O) groups excluding carboxylic acids is 2. The smallest absolute Gasteiger partial charge is 0.262 e. The Morgan fingerprint density at radius 2 is 1.34 bits per heavy atom. The van der Waals surface area contributed by atoms with Gasteiger partial charge in [-0.2, -0.15) is 5.10 Å². The quantitative estimate of drug-likeness (QED) is 0.348. The van der Waals surface area contributed by atoms with Crippen molar-refractivity contribution in [3.8, 4) is 0 Å². The van der Waals surface area contributed by atoms with Gasteiger partial charge >= 0.3 is 0 Å². The topological polar surface area (TPSA) is 70.6 Å². The summed E-state index contributed by atoms with van der Waals surface area (Å²) in [5.41, 5.74) is 5.14. The number of halogens is 1. The largest absolute Gasteiger partial charge is 0.343 e. The van der Waals surface area contributed by atoms with Gasteiger partial charge < -0.3 is 5.32 Å². The van der Waals surface area contributed by atoms with Crippen LogP contribution in [0, 0.1) is 5.92 Å². The van der Waals surface area contributed by atoms with E-state index in [9.17, 15) is 9.59 Å². The maximum atomic E-state index is 13.4. The van der Waals surface area contributed by atoms with Crippen LogP contribution in [0.4, 0.5) is 0 Å². The van der Waals surface area contributed by atoms with E-state index < -0.39 is 12.0 Å². The normalized spacial score (nSPS) is 12.2. The van der Waals surface area contributed by atoms with Gasteiger partial charge in [-0.15, -0.1) is 0 Å². The molecule has 0 saturated heterocycles. The van der Waals surface area contributed by atoms with Gasteiger partial charge in [0.1, 0.15) is 6.04 Å². The molecular formula is C26H26BrN3O2. The fourth-order valence-corrected chi connectivity index (χ4v) is 3.61. The summed E-state index contributed by atoms with van der Waals surface area (Å²) < 4.78 is 0.965. The Labute approximate surface area is 197 Å². The third-order valence-corrected chi connectivity index (χ3v) is 5.56. The molecule has 3 aromatic carbocycles. The molecule has 0 saturated carbocycles. The Hall–Kier alpha value is -3.25. The minimum atomic E-state index is -0.723. The lowest BCUT2D eigenvalue weighted by atomic mass is 9.89. The lowest BCUT2D eigenvalue weighted by Crippen LogP contribution is -2.50. The average molecular weight is 492 g/mol. The van der Waals surface area contributed by atoms with Gasteiger partial charge in [-0.3, -0.25) is 9.59 Å². The van der Waals surface area contributed by atoms with Crippen molar-refractivity contribution in [1.29, 1.82) is 0 Å². The monoisotopic (exact) mass is 491 g/mol. The van der Waals surface area contributed by atoms with Crippen molar-refractivity contribution in [2.75, 3.05) is 0 Å². The lowest BCUT2D eigenvalue weighted by Gasteiger charge is -2.24. The highest BCUT2D eigenvalue weighted by molar-refractivity contribution is 9.10. The lowest BCUT2D eigenvalue weighted by molar-refractivity contribution is -0.130. The summed E-state index contributed by atoms with van der Waals surface area (Å²) in [5.74, 6) is -1.22. The summed E-state index contributed by atoms with van der Waals surface area (Å²) >= 11 is 3.39. The zero-order valence-electron chi connectivity index (χ0n) is 18.0. The molecular weight excluding hydrogens is 466 g/mol. The van der Waals surface area contributed by atoms with E-state index in [1.165, 1.54) is 0 Å². The number of carbonyl (C=O) groups is 2. The molecule has 5 nitrogen and oxygen atoms in total. The molecule has 0 aliphatic carbocycles. The molecule has 3 aromatic rings. The summed E-state index contributed by atoms with van der Waals surface area (Å²) in [4.78, 5) is 26.2. The van der Waals surface area contributed by atoms with Crippen molar-refractivity contribution in [1.82, 2.24) is 10.7 Å². The van der Waals surface area contributed by atoms with Crippen molar-refractivity contribution < 1.29 is 9.59 Å². The van der Waals surface area contributed by atoms with Crippen molar-refractivity contribution in [2.24, 2.45) is 11.0 Å². The summed E-state index contributed by atoms with van der Waals surface area (Å²) in [6.45, 7) is 3.78. The van der Waals surface area contributed by atoms with Crippen molar-refractivity contribution >= 4 is 34.0 Å². The third kappa shape index (κ3) is 6.37. The fourth-order valence-electron chi connectivity index (χ4n) is 3.35. The minimum absolute atomic E-state index is 0.117. The van der Waals surface area contributed by atoms with E-state index in [1.807, 2.05) is 98.8 Å². The first-order valence-corrected chi connectivity index (χ1v) is 11.2. The van der Waals surface area contributed by atoms with Crippen LogP contribution in [0.5, 0.6) is 0 Å². The van der Waals surface area contributed by atoms with E-state index in [4.69, 9.17) is 0 Å². The molecule has 2 amide bonds. The standard InChI is InChI=1S/C26H26BrN3O2/c1-18(2)24(26(32)30-28-17-19-13-15-22(27)16-14-19)29-25(31)23(20-9-5-3-6-10-20)21-11-7-4-8-12-21/h3-18,23-24H,1-2H3,(H,29,31)(H,30,32)/b28-17+. The van der Waals surface area contributed by atoms with Gasteiger partial charge in [0.15, 0.2) is 0 Å². The number of hydrazone groups is 1. The maximum Gasteiger partial charge on any atom is 0.262 e. The van der Waals surface area contributed by atoms with Crippen LogP contribution < -0.4 is 10.7 Å². The second-order valence-corrected chi connectivity index (χ2v) is 8.69. The van der Waals surface area contributed by atoms with Gasteiger partial charge in [0.05, 0.1) is 12.1 Å². The predicted molar refractivity (Wildman–Crippen MR) is 131 cm³/mol. The number of amides is 2. The SMILES string of the molecule is CC(C)C(NC(=O)C(c1ccccc1)c1ccccc1)C(=O)N/N=C/c1ccc(Br)cc1. The van der Waals surface area contributed by atoms with Crippen molar-refractivity contribution in [3.63, 3.8) is 0 Å². The van der Waals surface area contributed by atoms with Gasteiger partial charge in [-0.05, 0) is 34.7 Å². The first-order chi connectivity index (χ1) is 15.5. The minimum Gasteiger partial charge on any atom is -0.343 e. The van der Waals surface area contributed by atoms with Crippen LogP contribution >= 0.6 is 15.9 Å². The Morgan fingerprint density at radius 3 is 1.84 bits per heavy atom. The number of rotatable bonds is 8. The molecule has 0 heterocycles. The number of hydrogen-bond donors (Lipinski definition) is 2. The Kier molecular flexibility index (Phi) is 8.34. The number of nitrogens with zero attached hydrogens (tertiary/aromatic N) is 1. The highest BCUT2D eigenvalue weighted by Gasteiger charge is 2.29. The predicted octanol–water partition coefficient (Wildman–Crippen LogP) is 4.87. The van der Waals surface area contributed by atoms with E-state index in [-0.39, 0.29) is 17.7 Å². The van der Waals surface area contributed by atoms with Gasteiger partial charge in [-0.25, -0.2) is 5.43 Å². The van der Waals surface area contributed by atoms with Crippen LogP contribution in [0.1, 0.15) is 36.5 Å². The first kappa shape index (κ1) is 23.4. The highest BCUT2D eigenvalue weighted by atomic mass is 79.9. The van der Waals surface area contributed by atoms with Crippen LogP contribution in [-0.4, -0.2) is 24.1 Å². The Morgan fingerprint density at radius 1 is 0.812 bits per heavy atom. The summed E-state index contributed by atoms with van der Waals surface area (Å²) in [6.07, 6.45) is 1.57. The Balaban J connectivity index is 1.75. The molecule has 2 N–H and O–H groups in total. The second-order valence-electron chi connectivity index (χ2n) is 7.77. The van der Waals surface area contributed by atoms with Crippen LogP contribution in [0.3, 0.4) is 0 Å². The molecule has 0 aromatic heterocycles. The maximum absolute atomic E-state index is 13.4. The molecule has 0 aliphatic rings. The van der Waals surface area contributed by atoms with E-state index in [0.29, 0.717) is 0 Å². The van der Waals surface area contributed by atoms with E-state index in [1.54, 1.807) is 6.21 Å². The molecule has 32 heavy (non-hydrogen) atoms. The zero-order chi connectivity index (χ0) is 22.9. The van der Waals surface area contributed by atoms with Gasteiger partial charge in [-0.1, -0.05) is 103 Å². The van der Waals surface area contributed by atoms with Crippen LogP contribution in [-0.2, 0) is 9.59 Å². The molecule has 164 valence electrons. The molecule has 6 heteroatoms. The number of benzene rings is 3. The molecule has 0 fully saturated rings. The molecule has 0 spiro atoms. The molecule has 1 unspecified atom stereocenters. The summed E-state index contributed by atoms with van der Waals surface area (Å²) in [7, 11) is 0. The molecule has 0 aliphatic heterocycles. The Bertz CT molecular complexity index is 1010. The van der Waals surface area contributed by atoms with Gasteiger partial charge in [0, 0.05) is 4.47 Å². The molecule has 3 rings (SSSR count). The van der Waals surface area contributed by atoms with Crippen molar-refractivity contribution in [2.45, 2.75) is 25.8 Å². The van der Waals surface area contributed by atoms with E-state index in [2.05, 4.69) is 31.8 Å². The zero-order valence-corrected chi connectivity index (χ0v) is 19.6. The molecule has 0 radical (unpaired) electrons. The van der Waals surface area contributed by atoms with E-state index >= 15 is 0 Å². The molecule has 1 atom stereocenters. The number of hydrogen-bond acceptors (Lipinski definition) is 3.